The summed E-state index contributed by atoms with van der Waals surface area (Å²) in [6.45, 7) is 10.2. The Balaban J connectivity index is 2.67. The lowest BCUT2D eigenvalue weighted by atomic mass is 9.96. The summed E-state index contributed by atoms with van der Waals surface area (Å²) in [5, 5.41) is 9.13. The largest absolute Gasteiger partial charge is 0.301 e. The average Bonchev–Trinajstić information content (AvgIpc) is 2.30. The fourth-order valence-electron chi connectivity index (χ4n) is 2.06. The van der Waals surface area contributed by atoms with E-state index in [2.05, 4.69) is 63.9 Å². The highest BCUT2D eigenvalue weighted by atomic mass is 15.1. The topological polar surface area (TPSA) is 27.0 Å². The lowest BCUT2D eigenvalue weighted by Gasteiger charge is -2.23. The second-order valence-electron chi connectivity index (χ2n) is 5.61. The molecule has 1 atom stereocenters. The fourth-order valence-corrected chi connectivity index (χ4v) is 2.06. The van der Waals surface area contributed by atoms with Gasteiger partial charge in [0.1, 0.15) is 0 Å². The third-order valence-corrected chi connectivity index (χ3v) is 3.42. The number of rotatable bonds is 5. The second kappa shape index (κ2) is 6.56. The molecule has 18 heavy (non-hydrogen) atoms. The minimum absolute atomic E-state index is 0.111. The SMILES string of the molecule is Cc1ccc(C)c(CN(C)CC(C#N)C(C)C)c1. The van der Waals surface area contributed by atoms with Gasteiger partial charge < -0.3 is 4.90 Å². The molecule has 0 fully saturated rings. The van der Waals surface area contributed by atoms with E-state index in [1.54, 1.807) is 0 Å². The van der Waals surface area contributed by atoms with Gasteiger partial charge in [-0.1, -0.05) is 37.6 Å². The molecule has 0 aromatic heterocycles. The zero-order chi connectivity index (χ0) is 13.7. The molecule has 98 valence electrons. The van der Waals surface area contributed by atoms with Crippen LogP contribution in [0.3, 0.4) is 0 Å². The van der Waals surface area contributed by atoms with Crippen molar-refractivity contribution in [1.82, 2.24) is 4.90 Å². The Bertz CT molecular complexity index is 429. The van der Waals surface area contributed by atoms with E-state index in [1.807, 2.05) is 0 Å². The third-order valence-electron chi connectivity index (χ3n) is 3.42. The maximum absolute atomic E-state index is 9.13. The third kappa shape index (κ3) is 4.16. The standard InChI is InChI=1S/C16H24N2/c1-12(2)16(9-17)11-18(5)10-15-8-13(3)6-7-14(15)4/h6-8,12,16H,10-11H2,1-5H3. The molecule has 0 heterocycles. The Labute approximate surface area is 111 Å². The molecule has 0 saturated carbocycles. The van der Waals surface area contributed by atoms with Crippen molar-refractivity contribution in [1.29, 1.82) is 5.26 Å². The quantitative estimate of drug-likeness (QED) is 0.792. The molecule has 0 aliphatic rings. The zero-order valence-corrected chi connectivity index (χ0v) is 12.2. The van der Waals surface area contributed by atoms with E-state index in [0.29, 0.717) is 5.92 Å². The molecule has 0 N–H and O–H groups in total. The molecular weight excluding hydrogens is 220 g/mol. The Morgan fingerprint density at radius 1 is 1.28 bits per heavy atom. The fraction of sp³-hybridized carbons (Fsp3) is 0.562. The number of hydrogen-bond acceptors (Lipinski definition) is 2. The molecule has 1 aromatic carbocycles. The number of benzene rings is 1. The molecule has 1 aromatic rings. The number of nitrogens with zero attached hydrogens (tertiary/aromatic N) is 2. The summed E-state index contributed by atoms with van der Waals surface area (Å²) in [6, 6.07) is 8.95. The minimum atomic E-state index is 0.111. The smallest absolute Gasteiger partial charge is 0.0672 e. The summed E-state index contributed by atoms with van der Waals surface area (Å²) < 4.78 is 0. The highest BCUT2D eigenvalue weighted by Crippen LogP contribution is 2.15. The van der Waals surface area contributed by atoms with E-state index >= 15 is 0 Å². The van der Waals surface area contributed by atoms with Gasteiger partial charge in [-0.25, -0.2) is 0 Å². The van der Waals surface area contributed by atoms with E-state index in [4.69, 9.17) is 5.26 Å². The molecule has 2 heteroatoms. The van der Waals surface area contributed by atoms with Crippen molar-refractivity contribution >= 4 is 0 Å². The van der Waals surface area contributed by atoms with Crippen molar-refractivity contribution in [3.63, 3.8) is 0 Å². The predicted molar refractivity (Wildman–Crippen MR) is 76.2 cm³/mol. The van der Waals surface area contributed by atoms with Crippen molar-refractivity contribution in [2.24, 2.45) is 11.8 Å². The first kappa shape index (κ1) is 14.7. The minimum Gasteiger partial charge on any atom is -0.301 e. The molecule has 1 unspecified atom stereocenters. The Morgan fingerprint density at radius 3 is 2.50 bits per heavy atom. The van der Waals surface area contributed by atoms with E-state index in [9.17, 15) is 0 Å². The molecule has 0 aliphatic heterocycles. The summed E-state index contributed by atoms with van der Waals surface area (Å²) in [5.74, 6) is 0.524. The molecule has 0 radical (unpaired) electrons. The van der Waals surface area contributed by atoms with Crippen molar-refractivity contribution in [3.05, 3.63) is 34.9 Å². The van der Waals surface area contributed by atoms with Crippen LogP contribution in [-0.4, -0.2) is 18.5 Å². The Kier molecular flexibility index (Phi) is 5.37. The van der Waals surface area contributed by atoms with E-state index in [0.717, 1.165) is 13.1 Å². The molecule has 2 nitrogen and oxygen atoms in total. The van der Waals surface area contributed by atoms with Gasteiger partial charge in [0.05, 0.1) is 12.0 Å². The van der Waals surface area contributed by atoms with Crippen molar-refractivity contribution < 1.29 is 0 Å². The summed E-state index contributed by atoms with van der Waals surface area (Å²) in [7, 11) is 2.09. The first-order valence-electron chi connectivity index (χ1n) is 6.58. The molecule has 0 spiro atoms. The van der Waals surface area contributed by atoms with Gasteiger partial charge in [-0.15, -0.1) is 0 Å². The van der Waals surface area contributed by atoms with Crippen LogP contribution < -0.4 is 0 Å². The van der Waals surface area contributed by atoms with Crippen LogP contribution in [0.1, 0.15) is 30.5 Å². The molecule has 0 aliphatic carbocycles. The van der Waals surface area contributed by atoms with Crippen LogP contribution in [0.2, 0.25) is 0 Å². The molecule has 0 bridgehead atoms. The van der Waals surface area contributed by atoms with Gasteiger partial charge in [0.15, 0.2) is 0 Å². The summed E-state index contributed by atoms with van der Waals surface area (Å²) in [6.07, 6.45) is 0. The van der Waals surface area contributed by atoms with Gasteiger partial charge in [0.25, 0.3) is 0 Å². The molecular formula is C16H24N2. The maximum atomic E-state index is 9.13. The van der Waals surface area contributed by atoms with Crippen LogP contribution in [-0.2, 0) is 6.54 Å². The highest BCUT2D eigenvalue weighted by molar-refractivity contribution is 5.30. The highest BCUT2D eigenvalue weighted by Gasteiger charge is 2.15. The monoisotopic (exact) mass is 244 g/mol. The van der Waals surface area contributed by atoms with Crippen LogP contribution in [0.4, 0.5) is 0 Å². The number of hydrogen-bond donors (Lipinski definition) is 0. The van der Waals surface area contributed by atoms with E-state index in [1.165, 1.54) is 16.7 Å². The van der Waals surface area contributed by atoms with Gasteiger partial charge in [-0.05, 0) is 37.9 Å². The first-order chi connectivity index (χ1) is 8.43. The Hall–Kier alpha value is -1.33. The predicted octanol–water partition coefficient (Wildman–Crippen LogP) is 3.53. The summed E-state index contributed by atoms with van der Waals surface area (Å²) >= 11 is 0. The molecule has 0 saturated heterocycles. The molecule has 0 amide bonds. The van der Waals surface area contributed by atoms with Crippen LogP contribution in [0, 0.1) is 37.0 Å². The van der Waals surface area contributed by atoms with Gasteiger partial charge in [-0.3, -0.25) is 0 Å². The van der Waals surface area contributed by atoms with Gasteiger partial charge in [0, 0.05) is 13.1 Å². The van der Waals surface area contributed by atoms with Gasteiger partial charge >= 0.3 is 0 Å². The van der Waals surface area contributed by atoms with Crippen LogP contribution in [0.15, 0.2) is 18.2 Å². The normalized spacial score (nSPS) is 12.8. The van der Waals surface area contributed by atoms with Crippen molar-refractivity contribution in [2.75, 3.05) is 13.6 Å². The lowest BCUT2D eigenvalue weighted by Crippen LogP contribution is -2.27. The lowest BCUT2D eigenvalue weighted by molar-refractivity contribution is 0.265. The first-order valence-corrected chi connectivity index (χ1v) is 6.58. The second-order valence-corrected chi connectivity index (χ2v) is 5.61. The van der Waals surface area contributed by atoms with Crippen LogP contribution in [0.25, 0.3) is 0 Å². The summed E-state index contributed by atoms with van der Waals surface area (Å²) in [4.78, 5) is 2.25. The van der Waals surface area contributed by atoms with E-state index in [-0.39, 0.29) is 5.92 Å². The Morgan fingerprint density at radius 2 is 1.94 bits per heavy atom. The van der Waals surface area contributed by atoms with Crippen LogP contribution >= 0.6 is 0 Å². The van der Waals surface area contributed by atoms with Crippen LogP contribution in [0.5, 0.6) is 0 Å². The van der Waals surface area contributed by atoms with Crippen molar-refractivity contribution in [3.8, 4) is 6.07 Å². The number of aryl methyl sites for hydroxylation is 2. The van der Waals surface area contributed by atoms with E-state index < -0.39 is 0 Å². The molecule has 1 rings (SSSR count). The van der Waals surface area contributed by atoms with Gasteiger partial charge in [-0.2, -0.15) is 5.26 Å². The average molecular weight is 244 g/mol. The zero-order valence-electron chi connectivity index (χ0n) is 12.2. The van der Waals surface area contributed by atoms with Crippen molar-refractivity contribution in [2.45, 2.75) is 34.2 Å². The number of nitriles is 1. The maximum Gasteiger partial charge on any atom is 0.0672 e. The summed E-state index contributed by atoms with van der Waals surface area (Å²) in [5.41, 5.74) is 3.98. The van der Waals surface area contributed by atoms with Gasteiger partial charge in [0.2, 0.25) is 0 Å².